The molecule has 0 bridgehead atoms. The van der Waals surface area contributed by atoms with Crippen molar-refractivity contribution in [1.82, 2.24) is 10.2 Å². The third kappa shape index (κ3) is 4.95. The molecule has 2 aromatic carbocycles. The zero-order valence-corrected chi connectivity index (χ0v) is 18.7. The molecule has 32 heavy (non-hydrogen) atoms. The molecule has 6 heteroatoms. The highest BCUT2D eigenvalue weighted by atomic mass is 16.5. The van der Waals surface area contributed by atoms with Crippen LogP contribution < -0.4 is 5.32 Å². The number of carbonyl (C=O) groups excluding carboxylic acids is 3. The van der Waals surface area contributed by atoms with Gasteiger partial charge in [-0.2, -0.15) is 0 Å². The van der Waals surface area contributed by atoms with Crippen LogP contribution in [0.3, 0.4) is 0 Å². The van der Waals surface area contributed by atoms with E-state index in [1.165, 1.54) is 26.4 Å². The monoisotopic (exact) mass is 436 g/mol. The molecule has 2 atom stereocenters. The number of esters is 1. The highest BCUT2D eigenvalue weighted by molar-refractivity contribution is 6.01. The molecule has 1 saturated carbocycles. The number of methoxy groups -OCH3 is 1. The van der Waals surface area contributed by atoms with Crippen LogP contribution in [0.4, 0.5) is 0 Å². The fraction of sp³-hybridized carbons (Fsp3) is 0.500. The van der Waals surface area contributed by atoms with Gasteiger partial charge in [-0.15, -0.1) is 0 Å². The van der Waals surface area contributed by atoms with E-state index in [1.807, 2.05) is 36.4 Å². The third-order valence-corrected chi connectivity index (χ3v) is 6.92. The second-order valence-electron chi connectivity index (χ2n) is 9.04. The fourth-order valence-corrected chi connectivity index (χ4v) is 5.16. The van der Waals surface area contributed by atoms with Crippen LogP contribution in [-0.2, 0) is 14.3 Å². The molecule has 2 fully saturated rings. The lowest BCUT2D eigenvalue weighted by atomic mass is 9.84. The van der Waals surface area contributed by atoms with Crippen molar-refractivity contribution in [1.29, 1.82) is 0 Å². The lowest BCUT2D eigenvalue weighted by Gasteiger charge is -2.31. The summed E-state index contributed by atoms with van der Waals surface area (Å²) in [7, 11) is 1.35. The predicted molar refractivity (Wildman–Crippen MR) is 123 cm³/mol. The molecule has 1 N–H and O–H groups in total. The molecule has 4 rings (SSSR count). The lowest BCUT2D eigenvalue weighted by molar-refractivity contribution is -0.151. The van der Waals surface area contributed by atoms with Gasteiger partial charge in [0.05, 0.1) is 7.11 Å². The highest BCUT2D eigenvalue weighted by Crippen LogP contribution is 2.29. The number of nitrogens with zero attached hydrogens (tertiary/aromatic N) is 1. The van der Waals surface area contributed by atoms with E-state index in [0.717, 1.165) is 30.0 Å². The Bertz CT molecular complexity index is 983. The van der Waals surface area contributed by atoms with Crippen molar-refractivity contribution in [3.8, 4) is 0 Å². The summed E-state index contributed by atoms with van der Waals surface area (Å²) in [4.78, 5) is 40.5. The molecular weight excluding hydrogens is 404 g/mol. The average Bonchev–Trinajstić information content (AvgIpc) is 3.33. The van der Waals surface area contributed by atoms with E-state index in [1.54, 1.807) is 11.0 Å². The first-order chi connectivity index (χ1) is 15.6. The van der Waals surface area contributed by atoms with E-state index in [0.29, 0.717) is 30.9 Å². The number of ether oxygens (including phenoxy) is 1. The largest absolute Gasteiger partial charge is 0.467 e. The molecule has 0 aromatic heterocycles. The number of hydrogen-bond donors (Lipinski definition) is 1. The minimum atomic E-state index is -0.637. The van der Waals surface area contributed by atoms with E-state index in [4.69, 9.17) is 4.74 Å². The van der Waals surface area contributed by atoms with E-state index in [9.17, 15) is 14.4 Å². The molecule has 2 amide bonds. The normalized spacial score (nSPS) is 20.2. The Hall–Kier alpha value is -2.89. The van der Waals surface area contributed by atoms with Crippen molar-refractivity contribution in [2.45, 2.75) is 63.5 Å². The smallest absolute Gasteiger partial charge is 0.328 e. The number of carbonyl (C=O) groups is 3. The van der Waals surface area contributed by atoms with Crippen LogP contribution >= 0.6 is 0 Å². The summed E-state index contributed by atoms with van der Waals surface area (Å²) in [6.45, 7) is 0.519. The number of rotatable bonds is 6. The molecule has 6 nitrogen and oxygen atoms in total. The molecule has 170 valence electrons. The first-order valence-electron chi connectivity index (χ1n) is 11.7. The maximum Gasteiger partial charge on any atom is 0.328 e. The van der Waals surface area contributed by atoms with Gasteiger partial charge in [0.15, 0.2) is 0 Å². The molecule has 1 heterocycles. The Morgan fingerprint density at radius 3 is 2.50 bits per heavy atom. The van der Waals surface area contributed by atoms with E-state index in [-0.39, 0.29) is 17.8 Å². The van der Waals surface area contributed by atoms with Gasteiger partial charge in [-0.05, 0) is 48.1 Å². The van der Waals surface area contributed by atoms with Crippen LogP contribution in [0.5, 0.6) is 0 Å². The fourth-order valence-electron chi connectivity index (χ4n) is 5.16. The summed E-state index contributed by atoms with van der Waals surface area (Å²) in [5.41, 5.74) is 0.538. The molecule has 1 aliphatic heterocycles. The van der Waals surface area contributed by atoms with Crippen molar-refractivity contribution < 1.29 is 19.1 Å². The summed E-state index contributed by atoms with van der Waals surface area (Å²) >= 11 is 0. The Labute approximate surface area is 189 Å². The van der Waals surface area contributed by atoms with Crippen LogP contribution in [0.25, 0.3) is 10.8 Å². The number of benzene rings is 2. The van der Waals surface area contributed by atoms with Gasteiger partial charge >= 0.3 is 5.97 Å². The first kappa shape index (κ1) is 22.3. The predicted octanol–water partition coefficient (Wildman–Crippen LogP) is 4.07. The molecule has 0 radical (unpaired) electrons. The quantitative estimate of drug-likeness (QED) is 0.693. The van der Waals surface area contributed by atoms with Gasteiger partial charge in [0.1, 0.15) is 12.1 Å². The maximum atomic E-state index is 13.5. The summed E-state index contributed by atoms with van der Waals surface area (Å²) in [6, 6.07) is 12.3. The van der Waals surface area contributed by atoms with E-state index in [2.05, 4.69) is 5.32 Å². The Balaban J connectivity index is 1.54. The van der Waals surface area contributed by atoms with Gasteiger partial charge in [-0.1, -0.05) is 62.4 Å². The molecule has 2 aromatic rings. The molecule has 2 aliphatic rings. The second kappa shape index (κ2) is 10.2. The zero-order chi connectivity index (χ0) is 22.5. The van der Waals surface area contributed by atoms with Gasteiger partial charge in [-0.25, -0.2) is 4.79 Å². The topological polar surface area (TPSA) is 75.7 Å². The number of fused-ring (bicyclic) bond motifs is 1. The molecule has 1 saturated heterocycles. The van der Waals surface area contributed by atoms with Gasteiger partial charge < -0.3 is 15.0 Å². The Kier molecular flexibility index (Phi) is 7.08. The van der Waals surface area contributed by atoms with Crippen molar-refractivity contribution in [3.63, 3.8) is 0 Å². The van der Waals surface area contributed by atoms with Crippen molar-refractivity contribution in [2.24, 2.45) is 5.92 Å². The zero-order valence-electron chi connectivity index (χ0n) is 18.7. The SMILES string of the molecule is COC(=O)[C@@H]1CCCN1C(=O)[C@@H](CC1CCCCC1)NC(=O)c1ccc2ccccc2c1. The van der Waals surface area contributed by atoms with Crippen LogP contribution in [-0.4, -0.2) is 48.4 Å². The van der Waals surface area contributed by atoms with Crippen LogP contribution in [0.2, 0.25) is 0 Å². The molecule has 0 spiro atoms. The number of nitrogens with one attached hydrogen (secondary N) is 1. The van der Waals surface area contributed by atoms with Crippen LogP contribution in [0.15, 0.2) is 42.5 Å². The Morgan fingerprint density at radius 1 is 1.00 bits per heavy atom. The lowest BCUT2D eigenvalue weighted by Crippen LogP contribution is -2.52. The van der Waals surface area contributed by atoms with E-state index >= 15 is 0 Å². The van der Waals surface area contributed by atoms with Crippen molar-refractivity contribution >= 4 is 28.6 Å². The molecule has 0 unspecified atom stereocenters. The van der Waals surface area contributed by atoms with Crippen molar-refractivity contribution in [2.75, 3.05) is 13.7 Å². The number of likely N-dealkylation sites (tertiary alicyclic amines) is 1. The minimum absolute atomic E-state index is 0.169. The van der Waals surface area contributed by atoms with Gasteiger partial charge in [0, 0.05) is 12.1 Å². The average molecular weight is 437 g/mol. The third-order valence-electron chi connectivity index (χ3n) is 6.92. The molecule has 1 aliphatic carbocycles. The van der Waals surface area contributed by atoms with Gasteiger partial charge in [0.25, 0.3) is 5.91 Å². The van der Waals surface area contributed by atoms with Crippen LogP contribution in [0.1, 0.15) is 61.7 Å². The standard InChI is InChI=1S/C26H32N2O4/c1-32-26(31)23-12-7-15-28(23)25(30)22(16-18-8-3-2-4-9-18)27-24(29)21-14-13-19-10-5-6-11-20(19)17-21/h5-6,10-11,13-14,17-18,22-23H,2-4,7-9,12,15-16H2,1H3,(H,27,29)/t22-,23+/m1/s1. The van der Waals surface area contributed by atoms with Gasteiger partial charge in [0.2, 0.25) is 5.91 Å². The van der Waals surface area contributed by atoms with Crippen LogP contribution in [0, 0.1) is 5.92 Å². The Morgan fingerprint density at radius 2 is 1.75 bits per heavy atom. The highest BCUT2D eigenvalue weighted by Gasteiger charge is 2.39. The van der Waals surface area contributed by atoms with E-state index < -0.39 is 12.1 Å². The summed E-state index contributed by atoms with van der Waals surface area (Å²) in [6.07, 6.45) is 7.70. The second-order valence-corrected chi connectivity index (χ2v) is 9.04. The number of amides is 2. The summed E-state index contributed by atoms with van der Waals surface area (Å²) in [5.74, 6) is -0.391. The minimum Gasteiger partial charge on any atom is -0.467 e. The summed E-state index contributed by atoms with van der Waals surface area (Å²) in [5, 5.41) is 5.07. The van der Waals surface area contributed by atoms with Crippen molar-refractivity contribution in [3.05, 3.63) is 48.0 Å². The first-order valence-corrected chi connectivity index (χ1v) is 11.7. The summed E-state index contributed by atoms with van der Waals surface area (Å²) < 4.78 is 4.92. The number of hydrogen-bond acceptors (Lipinski definition) is 4. The maximum absolute atomic E-state index is 13.5. The van der Waals surface area contributed by atoms with Gasteiger partial charge in [-0.3, -0.25) is 9.59 Å². The molecular formula is C26H32N2O4.